The van der Waals surface area contributed by atoms with Crippen LogP contribution in [0.2, 0.25) is 0 Å². The van der Waals surface area contributed by atoms with Gasteiger partial charge in [-0.2, -0.15) is 0 Å². The lowest BCUT2D eigenvalue weighted by molar-refractivity contribution is -0.118. The van der Waals surface area contributed by atoms with Crippen LogP contribution in [0.15, 0.2) is 48.5 Å². The first kappa shape index (κ1) is 19.2. The average Bonchev–Trinajstić information content (AvgIpc) is 2.74. The van der Waals surface area contributed by atoms with Gasteiger partial charge in [0.15, 0.2) is 6.61 Å². The maximum Gasteiger partial charge on any atom is 0.262 e. The number of pyridine rings is 1. The first-order chi connectivity index (χ1) is 14.1. The van der Waals surface area contributed by atoms with Crippen molar-refractivity contribution in [3.05, 3.63) is 59.7 Å². The van der Waals surface area contributed by atoms with E-state index in [1.54, 1.807) is 0 Å². The summed E-state index contributed by atoms with van der Waals surface area (Å²) in [6, 6.07) is 15.7. The minimum Gasteiger partial charge on any atom is -0.481 e. The summed E-state index contributed by atoms with van der Waals surface area (Å²) < 4.78 is 11.3. The van der Waals surface area contributed by atoms with Crippen LogP contribution in [-0.2, 0) is 9.53 Å². The summed E-state index contributed by atoms with van der Waals surface area (Å²) in [6.07, 6.45) is 0. The molecule has 0 saturated carbocycles. The molecule has 0 atom stereocenters. The van der Waals surface area contributed by atoms with Crippen LogP contribution < -0.4 is 15.0 Å². The molecule has 2 aromatic carbocycles. The van der Waals surface area contributed by atoms with Crippen LogP contribution in [0, 0.1) is 13.8 Å². The lowest BCUT2D eigenvalue weighted by atomic mass is 10.1. The van der Waals surface area contributed by atoms with Gasteiger partial charge in [-0.25, -0.2) is 4.98 Å². The van der Waals surface area contributed by atoms with Crippen molar-refractivity contribution in [1.29, 1.82) is 0 Å². The Labute approximate surface area is 170 Å². The second-order valence-corrected chi connectivity index (χ2v) is 7.25. The zero-order chi connectivity index (χ0) is 20.2. The van der Waals surface area contributed by atoms with E-state index in [-0.39, 0.29) is 12.5 Å². The van der Waals surface area contributed by atoms with Crippen molar-refractivity contribution < 1.29 is 14.3 Å². The molecule has 6 nitrogen and oxygen atoms in total. The van der Waals surface area contributed by atoms with Crippen molar-refractivity contribution >= 4 is 28.3 Å². The molecule has 1 amide bonds. The average molecular weight is 391 g/mol. The van der Waals surface area contributed by atoms with Crippen LogP contribution in [0.5, 0.6) is 5.75 Å². The first-order valence-electron chi connectivity index (χ1n) is 9.82. The molecule has 29 heavy (non-hydrogen) atoms. The number of ether oxygens (including phenoxy) is 2. The van der Waals surface area contributed by atoms with Gasteiger partial charge in [-0.05, 0) is 43.7 Å². The van der Waals surface area contributed by atoms with Crippen LogP contribution >= 0.6 is 0 Å². The lowest BCUT2D eigenvalue weighted by Crippen LogP contribution is -2.36. The lowest BCUT2D eigenvalue weighted by Gasteiger charge is -2.28. The van der Waals surface area contributed by atoms with Crippen LogP contribution in [0.4, 0.5) is 11.5 Å². The number of carbonyl (C=O) groups is 1. The monoisotopic (exact) mass is 391 g/mol. The van der Waals surface area contributed by atoms with Crippen LogP contribution in [0.25, 0.3) is 10.9 Å². The Hall–Kier alpha value is -3.12. The molecule has 1 N–H and O–H groups in total. The van der Waals surface area contributed by atoms with E-state index >= 15 is 0 Å². The summed E-state index contributed by atoms with van der Waals surface area (Å²) >= 11 is 0. The summed E-state index contributed by atoms with van der Waals surface area (Å²) in [6.45, 7) is 6.98. The smallest absolute Gasteiger partial charge is 0.262 e. The van der Waals surface area contributed by atoms with E-state index in [9.17, 15) is 4.79 Å². The zero-order valence-corrected chi connectivity index (χ0v) is 16.8. The predicted octanol–water partition coefficient (Wildman–Crippen LogP) is 3.71. The van der Waals surface area contributed by atoms with Crippen molar-refractivity contribution in [2.24, 2.45) is 0 Å². The first-order valence-corrected chi connectivity index (χ1v) is 9.82. The van der Waals surface area contributed by atoms with Crippen molar-refractivity contribution in [1.82, 2.24) is 4.98 Å². The highest BCUT2D eigenvalue weighted by Crippen LogP contribution is 2.27. The Morgan fingerprint density at radius 1 is 1.14 bits per heavy atom. The highest BCUT2D eigenvalue weighted by molar-refractivity contribution is 5.93. The number of nitrogens with one attached hydrogen (secondary N) is 1. The normalized spacial score (nSPS) is 14.1. The van der Waals surface area contributed by atoms with Gasteiger partial charge in [0, 0.05) is 24.2 Å². The highest BCUT2D eigenvalue weighted by Gasteiger charge is 2.14. The molecule has 0 unspecified atom stereocenters. The number of fused-ring (bicyclic) bond motifs is 1. The molecule has 3 aromatic rings. The summed E-state index contributed by atoms with van der Waals surface area (Å²) in [5.41, 5.74) is 3.75. The van der Waals surface area contributed by atoms with Gasteiger partial charge in [-0.15, -0.1) is 0 Å². The molecule has 2 heterocycles. The molecule has 1 saturated heterocycles. The van der Waals surface area contributed by atoms with E-state index in [2.05, 4.69) is 10.2 Å². The van der Waals surface area contributed by atoms with Crippen molar-refractivity contribution in [2.75, 3.05) is 43.1 Å². The zero-order valence-electron chi connectivity index (χ0n) is 16.8. The van der Waals surface area contributed by atoms with E-state index < -0.39 is 0 Å². The molecule has 1 aliphatic rings. The second kappa shape index (κ2) is 8.49. The minimum absolute atomic E-state index is 0.0735. The summed E-state index contributed by atoms with van der Waals surface area (Å²) in [4.78, 5) is 19.4. The Morgan fingerprint density at radius 2 is 1.97 bits per heavy atom. The van der Waals surface area contributed by atoms with Crippen molar-refractivity contribution in [3.63, 3.8) is 0 Å². The molecule has 4 rings (SSSR count). The third kappa shape index (κ3) is 4.49. The van der Waals surface area contributed by atoms with Gasteiger partial charge < -0.3 is 19.7 Å². The SMILES string of the molecule is Cc1ccc(NC(=O)COc2cccc3ccc(N4CCOCC4)nc23)c(C)c1. The third-order valence-corrected chi connectivity index (χ3v) is 5.02. The fraction of sp³-hybridized carbons (Fsp3) is 0.304. The van der Waals surface area contributed by atoms with Crippen LogP contribution in [0.3, 0.4) is 0 Å². The number of hydrogen-bond acceptors (Lipinski definition) is 5. The fourth-order valence-electron chi connectivity index (χ4n) is 3.48. The van der Waals surface area contributed by atoms with Crippen molar-refractivity contribution in [2.45, 2.75) is 13.8 Å². The number of aromatic nitrogens is 1. The van der Waals surface area contributed by atoms with Crippen LogP contribution in [-0.4, -0.2) is 43.8 Å². The maximum atomic E-state index is 12.4. The Kier molecular flexibility index (Phi) is 5.62. The number of morpholine rings is 1. The van der Waals surface area contributed by atoms with Gasteiger partial charge in [0.2, 0.25) is 0 Å². The minimum atomic E-state index is -0.196. The number of para-hydroxylation sites is 1. The molecule has 1 aliphatic heterocycles. The largest absolute Gasteiger partial charge is 0.481 e. The molecule has 1 fully saturated rings. The third-order valence-electron chi connectivity index (χ3n) is 5.02. The van der Waals surface area contributed by atoms with Gasteiger partial charge in [0.25, 0.3) is 5.91 Å². The summed E-state index contributed by atoms with van der Waals surface area (Å²) in [7, 11) is 0. The van der Waals surface area contributed by atoms with Gasteiger partial charge in [-0.3, -0.25) is 4.79 Å². The van der Waals surface area contributed by atoms with Gasteiger partial charge in [-0.1, -0.05) is 29.8 Å². The molecule has 150 valence electrons. The highest BCUT2D eigenvalue weighted by atomic mass is 16.5. The van der Waals surface area contributed by atoms with Crippen molar-refractivity contribution in [3.8, 4) is 5.75 Å². The molecule has 0 spiro atoms. The maximum absolute atomic E-state index is 12.4. The number of anilines is 2. The summed E-state index contributed by atoms with van der Waals surface area (Å²) in [5, 5.41) is 3.89. The van der Waals surface area contributed by atoms with E-state index in [0.717, 1.165) is 46.6 Å². The molecule has 6 heteroatoms. The summed E-state index contributed by atoms with van der Waals surface area (Å²) in [5.74, 6) is 1.31. The molecule has 0 bridgehead atoms. The molecule has 0 radical (unpaired) electrons. The Bertz CT molecular complexity index is 1030. The van der Waals surface area contributed by atoms with E-state index in [1.807, 2.05) is 62.4 Å². The standard InChI is InChI=1S/C23H25N3O3/c1-16-6-8-19(17(2)14-16)24-22(27)15-29-20-5-3-4-18-7-9-21(25-23(18)20)26-10-12-28-13-11-26/h3-9,14H,10-13,15H2,1-2H3,(H,24,27). The number of nitrogens with zero attached hydrogens (tertiary/aromatic N) is 2. The number of aryl methyl sites for hydroxylation is 2. The predicted molar refractivity (Wildman–Crippen MR) is 115 cm³/mol. The molecule has 0 aliphatic carbocycles. The number of rotatable bonds is 5. The fourth-order valence-corrected chi connectivity index (χ4v) is 3.48. The Balaban J connectivity index is 1.48. The molecule has 1 aromatic heterocycles. The van der Waals surface area contributed by atoms with Gasteiger partial charge in [0.1, 0.15) is 17.1 Å². The molecular weight excluding hydrogens is 366 g/mol. The van der Waals surface area contributed by atoms with Gasteiger partial charge in [0.05, 0.1) is 13.2 Å². The second-order valence-electron chi connectivity index (χ2n) is 7.25. The quantitative estimate of drug-likeness (QED) is 0.718. The topological polar surface area (TPSA) is 63.7 Å². The van der Waals surface area contributed by atoms with E-state index in [1.165, 1.54) is 0 Å². The number of hydrogen-bond donors (Lipinski definition) is 1. The number of benzene rings is 2. The van der Waals surface area contributed by atoms with E-state index in [0.29, 0.717) is 19.0 Å². The number of carbonyl (C=O) groups excluding carboxylic acids is 1. The molecular formula is C23H25N3O3. The van der Waals surface area contributed by atoms with Gasteiger partial charge >= 0.3 is 0 Å². The number of amides is 1. The van der Waals surface area contributed by atoms with E-state index in [4.69, 9.17) is 14.5 Å². The Morgan fingerprint density at radius 3 is 2.76 bits per heavy atom. The van der Waals surface area contributed by atoms with Crippen LogP contribution in [0.1, 0.15) is 11.1 Å².